The molecule has 1 fully saturated rings. The Morgan fingerprint density at radius 3 is 1.86 bits per heavy atom. The van der Waals surface area contributed by atoms with Gasteiger partial charge in [0.15, 0.2) is 0 Å². The summed E-state index contributed by atoms with van der Waals surface area (Å²) in [6.45, 7) is 6.85. The highest BCUT2D eigenvalue weighted by molar-refractivity contribution is 4.74. The third kappa shape index (κ3) is 11.1. The number of hydrogen-bond donors (Lipinski definition) is 1. The molecule has 5 nitrogen and oxygen atoms in total. The molecule has 5 heteroatoms. The third-order valence-electron chi connectivity index (χ3n) is 3.69. The van der Waals surface area contributed by atoms with Gasteiger partial charge < -0.3 is 24.7 Å². The van der Waals surface area contributed by atoms with Crippen LogP contribution in [0.4, 0.5) is 0 Å². The molecule has 0 unspecified atom stereocenters. The van der Waals surface area contributed by atoms with Gasteiger partial charge in [-0.1, -0.05) is 13.3 Å². The first-order chi connectivity index (χ1) is 10.3. The summed E-state index contributed by atoms with van der Waals surface area (Å²) in [6, 6.07) is 0.379. The first-order valence-corrected chi connectivity index (χ1v) is 8.43. The van der Waals surface area contributed by atoms with Gasteiger partial charge >= 0.3 is 0 Å². The van der Waals surface area contributed by atoms with E-state index in [1.807, 2.05) is 0 Å². The molecule has 0 heterocycles. The summed E-state index contributed by atoms with van der Waals surface area (Å²) in [5.41, 5.74) is 5.86. The van der Waals surface area contributed by atoms with Crippen LogP contribution in [0.15, 0.2) is 0 Å². The van der Waals surface area contributed by atoms with E-state index >= 15 is 0 Å². The van der Waals surface area contributed by atoms with E-state index in [0.29, 0.717) is 51.8 Å². The largest absolute Gasteiger partial charge is 0.379 e. The Bertz CT molecular complexity index is 220. The van der Waals surface area contributed by atoms with Gasteiger partial charge in [-0.3, -0.25) is 0 Å². The molecule has 21 heavy (non-hydrogen) atoms. The van der Waals surface area contributed by atoms with Gasteiger partial charge in [-0.15, -0.1) is 0 Å². The normalized spacial score (nSPS) is 22.6. The molecule has 1 saturated carbocycles. The van der Waals surface area contributed by atoms with Crippen LogP contribution in [0.25, 0.3) is 0 Å². The summed E-state index contributed by atoms with van der Waals surface area (Å²) < 4.78 is 22.1. The first-order valence-electron chi connectivity index (χ1n) is 8.43. The smallest absolute Gasteiger partial charge is 0.0704 e. The Hall–Kier alpha value is -0.200. The van der Waals surface area contributed by atoms with Crippen molar-refractivity contribution in [1.82, 2.24) is 0 Å². The van der Waals surface area contributed by atoms with Crippen molar-refractivity contribution >= 4 is 0 Å². The van der Waals surface area contributed by atoms with Crippen LogP contribution in [0.2, 0.25) is 0 Å². The van der Waals surface area contributed by atoms with Gasteiger partial charge in [-0.25, -0.2) is 0 Å². The second-order valence-electron chi connectivity index (χ2n) is 5.60. The monoisotopic (exact) mass is 303 g/mol. The molecule has 0 bridgehead atoms. The lowest BCUT2D eigenvalue weighted by Gasteiger charge is -2.26. The molecule has 1 aliphatic carbocycles. The molecule has 0 atom stereocenters. The van der Waals surface area contributed by atoms with Crippen molar-refractivity contribution in [2.75, 3.05) is 46.2 Å². The Morgan fingerprint density at radius 1 is 0.762 bits per heavy atom. The zero-order chi connectivity index (χ0) is 15.2. The summed E-state index contributed by atoms with van der Waals surface area (Å²) in [5.74, 6) is 0. The lowest BCUT2D eigenvalue weighted by atomic mass is 9.94. The Labute approximate surface area is 129 Å². The maximum absolute atomic E-state index is 5.86. The highest BCUT2D eigenvalue weighted by Gasteiger charge is 2.18. The minimum atomic E-state index is 0.379. The van der Waals surface area contributed by atoms with Gasteiger partial charge in [0.25, 0.3) is 0 Å². The second-order valence-corrected chi connectivity index (χ2v) is 5.60. The van der Waals surface area contributed by atoms with E-state index in [2.05, 4.69) is 6.92 Å². The van der Waals surface area contributed by atoms with Crippen molar-refractivity contribution < 1.29 is 18.9 Å². The fourth-order valence-electron chi connectivity index (χ4n) is 2.32. The standard InChI is InChI=1S/C16H33NO4/c1-2-3-8-18-9-10-19-11-12-20-13-14-21-16-6-4-15(17)5-7-16/h15-16H,2-14,17H2,1H3. The van der Waals surface area contributed by atoms with E-state index in [9.17, 15) is 0 Å². The fraction of sp³-hybridized carbons (Fsp3) is 1.00. The quantitative estimate of drug-likeness (QED) is 0.528. The SMILES string of the molecule is CCCCOCCOCCOCCOC1CCC(N)CC1. The number of nitrogens with two attached hydrogens (primary N) is 1. The summed E-state index contributed by atoms with van der Waals surface area (Å²) in [4.78, 5) is 0. The van der Waals surface area contributed by atoms with Crippen molar-refractivity contribution in [3.05, 3.63) is 0 Å². The van der Waals surface area contributed by atoms with E-state index < -0.39 is 0 Å². The topological polar surface area (TPSA) is 62.9 Å². The molecule has 0 aromatic rings. The predicted molar refractivity (Wildman–Crippen MR) is 83.5 cm³/mol. The lowest BCUT2D eigenvalue weighted by molar-refractivity contribution is -0.0281. The molecule has 0 saturated heterocycles. The van der Waals surface area contributed by atoms with E-state index in [4.69, 9.17) is 24.7 Å². The highest BCUT2D eigenvalue weighted by Crippen LogP contribution is 2.19. The molecule has 0 aromatic heterocycles. The maximum atomic E-state index is 5.86. The minimum Gasteiger partial charge on any atom is -0.379 e. The Morgan fingerprint density at radius 2 is 1.29 bits per heavy atom. The Kier molecular flexibility index (Phi) is 12.1. The van der Waals surface area contributed by atoms with Gasteiger partial charge in [0.05, 0.1) is 45.7 Å². The molecule has 0 radical (unpaired) electrons. The average Bonchev–Trinajstić information content (AvgIpc) is 2.50. The second kappa shape index (κ2) is 13.5. The van der Waals surface area contributed by atoms with Crippen LogP contribution in [-0.4, -0.2) is 58.4 Å². The van der Waals surface area contributed by atoms with Crippen LogP contribution in [0.5, 0.6) is 0 Å². The van der Waals surface area contributed by atoms with Crippen LogP contribution >= 0.6 is 0 Å². The summed E-state index contributed by atoms with van der Waals surface area (Å²) in [6.07, 6.45) is 7.01. The maximum Gasteiger partial charge on any atom is 0.0704 e. The lowest BCUT2D eigenvalue weighted by Crippen LogP contribution is -2.30. The Balaban J connectivity index is 1.73. The van der Waals surface area contributed by atoms with Crippen molar-refractivity contribution in [3.63, 3.8) is 0 Å². The molecule has 0 aliphatic heterocycles. The van der Waals surface area contributed by atoms with Gasteiger partial charge in [0.1, 0.15) is 0 Å². The van der Waals surface area contributed by atoms with Crippen LogP contribution in [0.3, 0.4) is 0 Å². The van der Waals surface area contributed by atoms with E-state index in [-0.39, 0.29) is 0 Å². The van der Waals surface area contributed by atoms with Crippen molar-refractivity contribution in [1.29, 1.82) is 0 Å². The third-order valence-corrected chi connectivity index (χ3v) is 3.69. The van der Waals surface area contributed by atoms with Gasteiger partial charge in [-0.2, -0.15) is 0 Å². The zero-order valence-corrected chi connectivity index (χ0v) is 13.6. The molecule has 126 valence electrons. The molecule has 1 rings (SSSR count). The molecule has 0 aromatic carbocycles. The van der Waals surface area contributed by atoms with Crippen LogP contribution < -0.4 is 5.73 Å². The number of unbranched alkanes of at least 4 members (excludes halogenated alkanes) is 1. The van der Waals surface area contributed by atoms with Crippen LogP contribution in [0, 0.1) is 0 Å². The van der Waals surface area contributed by atoms with Crippen molar-refractivity contribution in [2.45, 2.75) is 57.6 Å². The zero-order valence-electron chi connectivity index (χ0n) is 13.6. The molecule has 2 N–H and O–H groups in total. The van der Waals surface area contributed by atoms with Crippen molar-refractivity contribution in [3.8, 4) is 0 Å². The van der Waals surface area contributed by atoms with Crippen molar-refractivity contribution in [2.24, 2.45) is 5.73 Å². The summed E-state index contributed by atoms with van der Waals surface area (Å²) >= 11 is 0. The predicted octanol–water partition coefficient (Wildman–Crippen LogP) is 2.12. The molecule has 0 spiro atoms. The summed E-state index contributed by atoms with van der Waals surface area (Å²) in [7, 11) is 0. The molecular weight excluding hydrogens is 270 g/mol. The average molecular weight is 303 g/mol. The molecule has 1 aliphatic rings. The fourth-order valence-corrected chi connectivity index (χ4v) is 2.32. The molecular formula is C16H33NO4. The van der Waals surface area contributed by atoms with E-state index in [1.54, 1.807) is 0 Å². The number of ether oxygens (including phenoxy) is 4. The van der Waals surface area contributed by atoms with Gasteiger partial charge in [-0.05, 0) is 32.1 Å². The highest BCUT2D eigenvalue weighted by atomic mass is 16.6. The number of rotatable bonds is 13. The minimum absolute atomic E-state index is 0.379. The van der Waals surface area contributed by atoms with Gasteiger partial charge in [0, 0.05) is 12.6 Å². The van der Waals surface area contributed by atoms with Crippen LogP contribution in [-0.2, 0) is 18.9 Å². The first kappa shape index (κ1) is 18.8. The number of hydrogen-bond acceptors (Lipinski definition) is 5. The summed E-state index contributed by atoms with van der Waals surface area (Å²) in [5, 5.41) is 0. The van der Waals surface area contributed by atoms with E-state index in [0.717, 1.165) is 38.7 Å². The van der Waals surface area contributed by atoms with Gasteiger partial charge in [0.2, 0.25) is 0 Å². The molecule has 0 amide bonds. The van der Waals surface area contributed by atoms with Crippen LogP contribution in [0.1, 0.15) is 45.4 Å². The van der Waals surface area contributed by atoms with E-state index in [1.165, 1.54) is 6.42 Å².